The molecule has 0 spiro atoms. The summed E-state index contributed by atoms with van der Waals surface area (Å²) in [7, 11) is -3.72. The largest absolute Gasteiger partial charge is 0.395 e. The number of rotatable bonds is 9. The second-order valence-corrected chi connectivity index (χ2v) is 10.8. The van der Waals surface area contributed by atoms with Gasteiger partial charge in [-0.1, -0.05) is 24.3 Å². The molecule has 0 bridgehead atoms. The maximum atomic E-state index is 13.3. The molecule has 2 aromatic heterocycles. The number of nitrogens with zero attached hydrogens (tertiary/aromatic N) is 3. The lowest BCUT2D eigenvalue weighted by atomic mass is 10.1. The molecule has 0 aliphatic carbocycles. The number of aromatic nitrogens is 3. The molecule has 4 aromatic rings. The van der Waals surface area contributed by atoms with E-state index in [0.717, 1.165) is 48.0 Å². The van der Waals surface area contributed by atoms with E-state index >= 15 is 0 Å². The number of sulfonamides is 1. The third-order valence-corrected chi connectivity index (χ3v) is 8.48. The summed E-state index contributed by atoms with van der Waals surface area (Å²) >= 11 is 0. The molecule has 5 rings (SSSR count). The van der Waals surface area contributed by atoms with Crippen molar-refractivity contribution in [3.63, 3.8) is 0 Å². The van der Waals surface area contributed by atoms with Gasteiger partial charge in [0.05, 0.1) is 11.5 Å². The van der Waals surface area contributed by atoms with Crippen LogP contribution < -0.4 is 10.6 Å². The van der Waals surface area contributed by atoms with Crippen LogP contribution in [0.1, 0.15) is 24.0 Å². The van der Waals surface area contributed by atoms with Crippen LogP contribution in [0.25, 0.3) is 23.1 Å². The van der Waals surface area contributed by atoms with Gasteiger partial charge in [0.15, 0.2) is 0 Å². The van der Waals surface area contributed by atoms with Crippen molar-refractivity contribution < 1.29 is 13.5 Å². The summed E-state index contributed by atoms with van der Waals surface area (Å²) in [6, 6.07) is 14.6. The Balaban J connectivity index is 1.25. The molecular formula is C27H30N6O3S. The summed E-state index contributed by atoms with van der Waals surface area (Å²) in [6.07, 6.45) is 10.8. The highest BCUT2D eigenvalue weighted by atomic mass is 32.2. The molecule has 0 amide bonds. The number of aliphatic hydroxyl groups excluding tert-OH is 1. The van der Waals surface area contributed by atoms with Crippen LogP contribution in [0.2, 0.25) is 0 Å². The molecule has 0 radical (unpaired) electrons. The summed E-state index contributed by atoms with van der Waals surface area (Å²) in [4.78, 5) is 12.2. The fraction of sp³-hybridized carbons (Fsp3) is 0.259. The highest BCUT2D eigenvalue weighted by Gasteiger charge is 2.31. The first-order chi connectivity index (χ1) is 18.0. The Morgan fingerprint density at radius 2 is 1.78 bits per heavy atom. The molecule has 4 N–H and O–H groups in total. The van der Waals surface area contributed by atoms with Gasteiger partial charge in [-0.05, 0) is 67.9 Å². The van der Waals surface area contributed by atoms with Gasteiger partial charge in [0.1, 0.15) is 0 Å². The zero-order valence-electron chi connectivity index (χ0n) is 20.3. The Hall–Kier alpha value is -3.57. The van der Waals surface area contributed by atoms with E-state index in [9.17, 15) is 13.5 Å². The molecule has 1 aliphatic heterocycles. The van der Waals surface area contributed by atoms with Gasteiger partial charge in [-0.15, -0.1) is 0 Å². The molecule has 1 fully saturated rings. The fourth-order valence-corrected chi connectivity index (χ4v) is 6.27. The van der Waals surface area contributed by atoms with Gasteiger partial charge in [0.25, 0.3) is 0 Å². The van der Waals surface area contributed by atoms with E-state index in [2.05, 4.69) is 31.7 Å². The number of hydrogen-bond acceptors (Lipinski definition) is 7. The average molecular weight is 519 g/mol. The predicted octanol–water partition coefficient (Wildman–Crippen LogP) is 3.61. The Kier molecular flexibility index (Phi) is 7.61. The molecule has 2 aromatic carbocycles. The predicted molar refractivity (Wildman–Crippen MR) is 146 cm³/mol. The topological polar surface area (TPSA) is 123 Å². The van der Waals surface area contributed by atoms with Gasteiger partial charge < -0.3 is 20.7 Å². The van der Waals surface area contributed by atoms with Crippen molar-refractivity contribution >= 4 is 44.7 Å². The first-order valence-corrected chi connectivity index (χ1v) is 13.8. The normalized spacial score (nSPS) is 15.1. The van der Waals surface area contributed by atoms with E-state index in [1.165, 1.54) is 4.31 Å². The Morgan fingerprint density at radius 3 is 2.51 bits per heavy atom. The number of anilines is 2. The number of H-pyrrole nitrogens is 1. The molecule has 3 heterocycles. The van der Waals surface area contributed by atoms with E-state index < -0.39 is 10.0 Å². The maximum absolute atomic E-state index is 13.3. The number of piperidine rings is 1. The number of benzene rings is 2. The van der Waals surface area contributed by atoms with Crippen molar-refractivity contribution in [1.82, 2.24) is 24.6 Å². The Labute approximate surface area is 216 Å². The van der Waals surface area contributed by atoms with Crippen molar-refractivity contribution in [3.8, 4) is 0 Å². The van der Waals surface area contributed by atoms with Crippen LogP contribution in [0.5, 0.6) is 0 Å². The van der Waals surface area contributed by atoms with Crippen molar-refractivity contribution in [1.29, 1.82) is 0 Å². The summed E-state index contributed by atoms with van der Waals surface area (Å²) < 4.78 is 28.0. The van der Waals surface area contributed by atoms with Gasteiger partial charge >= 0.3 is 0 Å². The molecule has 192 valence electrons. The van der Waals surface area contributed by atoms with Gasteiger partial charge in [0.2, 0.25) is 16.0 Å². The second-order valence-electron chi connectivity index (χ2n) is 8.93. The molecule has 37 heavy (non-hydrogen) atoms. The van der Waals surface area contributed by atoms with Gasteiger partial charge in [0, 0.05) is 53.3 Å². The molecule has 1 saturated heterocycles. The summed E-state index contributed by atoms with van der Waals surface area (Å²) in [5.74, 6) is 0.414. The molecule has 0 saturated carbocycles. The lowest BCUT2D eigenvalue weighted by Gasteiger charge is -2.33. The lowest BCUT2D eigenvalue weighted by Crippen LogP contribution is -2.47. The molecule has 10 heteroatoms. The molecule has 1 aliphatic rings. The van der Waals surface area contributed by atoms with E-state index in [-0.39, 0.29) is 24.1 Å². The smallest absolute Gasteiger partial charge is 0.243 e. The van der Waals surface area contributed by atoms with Crippen molar-refractivity contribution in [3.05, 3.63) is 78.2 Å². The van der Waals surface area contributed by atoms with Crippen LogP contribution in [-0.4, -0.2) is 65.1 Å². The van der Waals surface area contributed by atoms with Crippen LogP contribution in [0.4, 0.5) is 11.6 Å². The summed E-state index contributed by atoms with van der Waals surface area (Å²) in [5, 5.41) is 17.0. The van der Waals surface area contributed by atoms with Gasteiger partial charge in [-0.25, -0.2) is 18.4 Å². The number of nitrogens with one attached hydrogen (secondary N) is 3. The van der Waals surface area contributed by atoms with Crippen molar-refractivity contribution in [2.24, 2.45) is 0 Å². The monoisotopic (exact) mass is 518 g/mol. The second kappa shape index (κ2) is 11.2. The molecule has 9 nitrogen and oxygen atoms in total. The third-order valence-electron chi connectivity index (χ3n) is 6.51. The molecular weight excluding hydrogens is 488 g/mol. The minimum Gasteiger partial charge on any atom is -0.395 e. The summed E-state index contributed by atoms with van der Waals surface area (Å²) in [5.41, 5.74) is 3.73. The fourth-order valence-electron chi connectivity index (χ4n) is 4.60. The van der Waals surface area contributed by atoms with E-state index in [1.54, 1.807) is 36.7 Å². The number of hydrogen-bond donors (Lipinski definition) is 4. The third kappa shape index (κ3) is 5.72. The average Bonchev–Trinajstić information content (AvgIpc) is 3.42. The lowest BCUT2D eigenvalue weighted by molar-refractivity contribution is 0.204. The number of fused-ring (bicyclic) bond motifs is 1. The van der Waals surface area contributed by atoms with Crippen molar-refractivity contribution in [2.45, 2.75) is 23.8 Å². The number of aromatic amines is 1. The minimum atomic E-state index is -3.72. The zero-order valence-corrected chi connectivity index (χ0v) is 21.2. The highest BCUT2D eigenvalue weighted by molar-refractivity contribution is 7.89. The Morgan fingerprint density at radius 1 is 1.03 bits per heavy atom. The minimum absolute atomic E-state index is 0.0853. The van der Waals surface area contributed by atoms with Crippen LogP contribution in [0.3, 0.4) is 0 Å². The molecule has 0 atom stereocenters. The zero-order chi connectivity index (χ0) is 25.7. The van der Waals surface area contributed by atoms with Gasteiger partial charge in [-0.3, -0.25) is 0 Å². The molecule has 0 unspecified atom stereocenters. The standard InChI is InChI=1S/C27H30N6O3S/c34-17-16-33(23-10-13-28-14-11-23)37(35,36)24-8-6-22(7-9-24)32-27-30-18-20(19-31-27)4-5-21-2-1-3-26-25(21)12-15-29-26/h1-9,12,15,18-19,23,28-29,34H,10-11,13-14,16-17H2,(H,30,31,32)/b5-4+. The van der Waals surface area contributed by atoms with E-state index in [4.69, 9.17) is 0 Å². The maximum Gasteiger partial charge on any atom is 0.243 e. The number of aliphatic hydroxyl groups is 1. The van der Waals surface area contributed by atoms with Crippen LogP contribution in [0, 0.1) is 0 Å². The van der Waals surface area contributed by atoms with Crippen LogP contribution in [-0.2, 0) is 10.0 Å². The van der Waals surface area contributed by atoms with Crippen LogP contribution in [0.15, 0.2) is 72.0 Å². The SMILES string of the molecule is O=S(=O)(c1ccc(Nc2ncc(/C=C/c3cccc4[nH]ccc34)cn2)cc1)N(CCO)C1CCNCC1. The van der Waals surface area contributed by atoms with Crippen molar-refractivity contribution in [2.75, 3.05) is 31.6 Å². The first kappa shape index (κ1) is 25.1. The summed E-state index contributed by atoms with van der Waals surface area (Å²) in [6.45, 7) is 1.40. The van der Waals surface area contributed by atoms with Crippen LogP contribution >= 0.6 is 0 Å². The quantitative estimate of drug-likeness (QED) is 0.267. The first-order valence-electron chi connectivity index (χ1n) is 12.3. The van der Waals surface area contributed by atoms with E-state index in [1.807, 2.05) is 36.5 Å². The Bertz CT molecular complexity index is 1460. The van der Waals surface area contributed by atoms with E-state index in [0.29, 0.717) is 11.6 Å². The van der Waals surface area contributed by atoms with Gasteiger partial charge in [-0.2, -0.15) is 4.31 Å². The highest BCUT2D eigenvalue weighted by Crippen LogP contribution is 2.25.